The molecule has 0 N–H and O–H groups in total. The number of nitrogens with zero attached hydrogens (tertiary/aromatic N) is 3. The van der Waals surface area contributed by atoms with E-state index < -0.39 is 0 Å². The molecule has 0 unspecified atom stereocenters. The quantitative estimate of drug-likeness (QED) is 0.781. The number of aryl methyl sites for hydroxylation is 2. The fourth-order valence-electron chi connectivity index (χ4n) is 1.44. The third kappa shape index (κ3) is 2.39. The molecule has 1 heterocycles. The maximum atomic E-state index is 10.7. The zero-order valence-electron chi connectivity index (χ0n) is 9.97. The Hall–Kier alpha value is -1.62. The predicted molar refractivity (Wildman–Crippen MR) is 66.4 cm³/mol. The van der Waals surface area contributed by atoms with Gasteiger partial charge in [0.2, 0.25) is 0 Å². The molecule has 1 aromatic carbocycles. The highest BCUT2D eigenvalue weighted by Crippen LogP contribution is 2.29. The van der Waals surface area contributed by atoms with Gasteiger partial charge < -0.3 is 4.57 Å². The molecule has 0 aliphatic carbocycles. The van der Waals surface area contributed by atoms with Crippen molar-refractivity contribution in [1.82, 2.24) is 14.8 Å². The number of aldehydes is 1. The first-order valence-electron chi connectivity index (χ1n) is 5.21. The van der Waals surface area contributed by atoms with Gasteiger partial charge in [0.05, 0.1) is 0 Å². The first-order valence-corrected chi connectivity index (χ1v) is 6.03. The Morgan fingerprint density at radius 3 is 2.59 bits per heavy atom. The highest BCUT2D eigenvalue weighted by atomic mass is 32.2. The zero-order chi connectivity index (χ0) is 12.4. The number of hydrogen-bond donors (Lipinski definition) is 0. The molecule has 0 amide bonds. The van der Waals surface area contributed by atoms with Crippen LogP contribution in [0.25, 0.3) is 0 Å². The van der Waals surface area contributed by atoms with E-state index >= 15 is 0 Å². The lowest BCUT2D eigenvalue weighted by atomic mass is 10.2. The Balaban J connectivity index is 2.30. The van der Waals surface area contributed by atoms with Gasteiger partial charge in [-0.1, -0.05) is 6.07 Å². The first-order chi connectivity index (χ1) is 8.11. The van der Waals surface area contributed by atoms with Crippen molar-refractivity contribution in [2.24, 2.45) is 7.05 Å². The second kappa shape index (κ2) is 4.71. The Morgan fingerprint density at radius 2 is 2.06 bits per heavy atom. The highest BCUT2D eigenvalue weighted by Gasteiger charge is 2.08. The van der Waals surface area contributed by atoms with Crippen molar-refractivity contribution < 1.29 is 4.79 Å². The van der Waals surface area contributed by atoms with Crippen molar-refractivity contribution in [3.63, 3.8) is 0 Å². The van der Waals surface area contributed by atoms with Crippen molar-refractivity contribution >= 4 is 18.0 Å². The van der Waals surface area contributed by atoms with Crippen LogP contribution in [0.5, 0.6) is 0 Å². The summed E-state index contributed by atoms with van der Waals surface area (Å²) in [6.45, 7) is 3.90. The van der Waals surface area contributed by atoms with Crippen molar-refractivity contribution in [3.05, 3.63) is 35.2 Å². The van der Waals surface area contributed by atoms with Gasteiger partial charge in [0.25, 0.3) is 0 Å². The van der Waals surface area contributed by atoms with Crippen LogP contribution < -0.4 is 0 Å². The smallest absolute Gasteiger partial charge is 0.195 e. The van der Waals surface area contributed by atoms with E-state index in [1.165, 1.54) is 0 Å². The molecule has 0 radical (unpaired) electrons. The highest BCUT2D eigenvalue weighted by molar-refractivity contribution is 7.99. The fourth-order valence-corrected chi connectivity index (χ4v) is 2.34. The van der Waals surface area contributed by atoms with Gasteiger partial charge in [-0.25, -0.2) is 0 Å². The lowest BCUT2D eigenvalue weighted by Gasteiger charge is -2.05. The molecule has 0 spiro atoms. The van der Waals surface area contributed by atoms with Crippen LogP contribution in [0.15, 0.2) is 28.3 Å². The zero-order valence-corrected chi connectivity index (χ0v) is 10.8. The second-order valence-corrected chi connectivity index (χ2v) is 4.84. The molecule has 0 aliphatic heterocycles. The van der Waals surface area contributed by atoms with E-state index in [-0.39, 0.29) is 0 Å². The van der Waals surface area contributed by atoms with Gasteiger partial charge in [-0.05, 0) is 43.3 Å². The molecule has 1 aromatic heterocycles. The van der Waals surface area contributed by atoms with Crippen LogP contribution in [0.4, 0.5) is 0 Å². The number of rotatable bonds is 3. The number of benzene rings is 1. The number of carbonyl (C=O) groups is 1. The van der Waals surface area contributed by atoms with Crippen LogP contribution in [-0.4, -0.2) is 21.1 Å². The standard InChI is InChI=1S/C12H13N3OS/c1-8-6-10(7-16)4-5-11(8)17-12-14-13-9(2)15(12)3/h4-7H,1-3H3. The molecule has 4 nitrogen and oxygen atoms in total. The second-order valence-electron chi connectivity index (χ2n) is 3.83. The summed E-state index contributed by atoms with van der Waals surface area (Å²) in [5, 5.41) is 8.96. The van der Waals surface area contributed by atoms with Crippen molar-refractivity contribution in [1.29, 1.82) is 0 Å². The molecule has 2 aromatic rings. The Bertz CT molecular complexity index is 563. The van der Waals surface area contributed by atoms with Crippen LogP contribution in [-0.2, 0) is 7.05 Å². The average Bonchev–Trinajstić information content (AvgIpc) is 2.63. The fraction of sp³-hybridized carbons (Fsp3) is 0.250. The van der Waals surface area contributed by atoms with Crippen LogP contribution in [0, 0.1) is 13.8 Å². The van der Waals surface area contributed by atoms with E-state index in [4.69, 9.17) is 0 Å². The summed E-state index contributed by atoms with van der Waals surface area (Å²) in [7, 11) is 1.94. The summed E-state index contributed by atoms with van der Waals surface area (Å²) in [5.74, 6) is 0.884. The maximum Gasteiger partial charge on any atom is 0.195 e. The van der Waals surface area contributed by atoms with Gasteiger partial charge >= 0.3 is 0 Å². The molecule has 2 rings (SSSR count). The van der Waals surface area contributed by atoms with E-state index in [0.29, 0.717) is 5.56 Å². The van der Waals surface area contributed by atoms with Crippen LogP contribution in [0.1, 0.15) is 21.7 Å². The lowest BCUT2D eigenvalue weighted by Crippen LogP contribution is -1.94. The summed E-state index contributed by atoms with van der Waals surface area (Å²) < 4.78 is 1.94. The van der Waals surface area contributed by atoms with Gasteiger partial charge in [0.15, 0.2) is 5.16 Å². The summed E-state index contributed by atoms with van der Waals surface area (Å²) in [4.78, 5) is 11.7. The molecule has 17 heavy (non-hydrogen) atoms. The van der Waals surface area contributed by atoms with Crippen LogP contribution in [0.3, 0.4) is 0 Å². The first kappa shape index (κ1) is 11.9. The minimum atomic E-state index is 0.695. The molecular weight excluding hydrogens is 234 g/mol. The van der Waals surface area contributed by atoms with E-state index in [1.807, 2.05) is 43.7 Å². The molecule has 0 atom stereocenters. The Labute approximate surface area is 104 Å². The number of hydrogen-bond acceptors (Lipinski definition) is 4. The molecule has 0 aliphatic rings. The topological polar surface area (TPSA) is 47.8 Å². The van der Waals surface area contributed by atoms with Crippen molar-refractivity contribution in [2.75, 3.05) is 0 Å². The molecule has 0 saturated carbocycles. The van der Waals surface area contributed by atoms with Gasteiger partial charge in [-0.3, -0.25) is 4.79 Å². The molecule has 0 bridgehead atoms. The largest absolute Gasteiger partial charge is 0.309 e. The summed E-state index contributed by atoms with van der Waals surface area (Å²) >= 11 is 1.55. The summed E-state index contributed by atoms with van der Waals surface area (Å²) in [6, 6.07) is 5.62. The minimum Gasteiger partial charge on any atom is -0.309 e. The third-order valence-electron chi connectivity index (χ3n) is 2.59. The van der Waals surface area contributed by atoms with Crippen molar-refractivity contribution in [2.45, 2.75) is 23.9 Å². The van der Waals surface area contributed by atoms with Crippen molar-refractivity contribution in [3.8, 4) is 0 Å². The van der Waals surface area contributed by atoms with E-state index in [9.17, 15) is 4.79 Å². The number of carbonyl (C=O) groups excluding carboxylic acids is 1. The Kier molecular flexibility index (Phi) is 3.28. The molecule has 0 saturated heterocycles. The molecule has 88 valence electrons. The van der Waals surface area contributed by atoms with E-state index in [2.05, 4.69) is 10.2 Å². The van der Waals surface area contributed by atoms with Gasteiger partial charge in [0, 0.05) is 17.5 Å². The molecule has 5 heteroatoms. The maximum absolute atomic E-state index is 10.7. The SMILES string of the molecule is Cc1cc(C=O)ccc1Sc1nnc(C)n1C. The minimum absolute atomic E-state index is 0.695. The third-order valence-corrected chi connectivity index (χ3v) is 3.80. The van der Waals surface area contributed by atoms with Gasteiger partial charge in [-0.15, -0.1) is 10.2 Å². The Morgan fingerprint density at radius 1 is 1.29 bits per heavy atom. The molecule has 0 fully saturated rings. The monoisotopic (exact) mass is 247 g/mol. The normalized spacial score (nSPS) is 10.5. The summed E-state index contributed by atoms with van der Waals surface area (Å²) in [6.07, 6.45) is 0.855. The van der Waals surface area contributed by atoms with E-state index in [0.717, 1.165) is 27.7 Å². The average molecular weight is 247 g/mol. The molecular formula is C12H13N3OS. The summed E-state index contributed by atoms with van der Waals surface area (Å²) in [5.41, 5.74) is 1.77. The van der Waals surface area contributed by atoms with Crippen LogP contribution >= 0.6 is 11.8 Å². The van der Waals surface area contributed by atoms with E-state index in [1.54, 1.807) is 11.8 Å². The van der Waals surface area contributed by atoms with Gasteiger partial charge in [0.1, 0.15) is 12.1 Å². The number of aromatic nitrogens is 3. The lowest BCUT2D eigenvalue weighted by molar-refractivity contribution is 0.112. The van der Waals surface area contributed by atoms with Crippen LogP contribution in [0.2, 0.25) is 0 Å². The van der Waals surface area contributed by atoms with Gasteiger partial charge in [-0.2, -0.15) is 0 Å². The predicted octanol–water partition coefficient (Wildman–Crippen LogP) is 2.40.